The molecule has 0 aliphatic carbocycles. The fraction of sp³-hybridized carbons (Fsp3) is 0.259. The third kappa shape index (κ3) is 5.19. The maximum atomic E-state index is 13.8. The van der Waals surface area contributed by atoms with Gasteiger partial charge in [0.2, 0.25) is 5.91 Å². The molecular weight excluding hydrogens is 461 g/mol. The van der Waals surface area contributed by atoms with Crippen LogP contribution in [-0.2, 0) is 17.9 Å². The number of aromatic nitrogens is 3. The lowest BCUT2D eigenvalue weighted by molar-refractivity contribution is -0.125. The van der Waals surface area contributed by atoms with Crippen LogP contribution >= 0.6 is 0 Å². The molecule has 0 unspecified atom stereocenters. The molecule has 2 amide bonds. The van der Waals surface area contributed by atoms with Gasteiger partial charge in [-0.2, -0.15) is 5.10 Å². The van der Waals surface area contributed by atoms with Gasteiger partial charge in [-0.1, -0.05) is 24.3 Å². The molecule has 3 heterocycles. The van der Waals surface area contributed by atoms with Gasteiger partial charge in [-0.15, -0.1) is 0 Å². The van der Waals surface area contributed by atoms with Crippen LogP contribution in [0.5, 0.6) is 5.75 Å². The summed E-state index contributed by atoms with van der Waals surface area (Å²) < 4.78 is 20.9. The molecule has 0 saturated carbocycles. The lowest BCUT2D eigenvalue weighted by Crippen LogP contribution is -2.48. The van der Waals surface area contributed by atoms with E-state index >= 15 is 0 Å². The lowest BCUT2D eigenvalue weighted by Gasteiger charge is -2.30. The van der Waals surface area contributed by atoms with Crippen molar-refractivity contribution in [3.8, 4) is 5.75 Å². The van der Waals surface area contributed by atoms with Crippen LogP contribution < -0.4 is 10.1 Å². The molecule has 8 nitrogen and oxygen atoms in total. The predicted octanol–water partition coefficient (Wildman–Crippen LogP) is 3.76. The summed E-state index contributed by atoms with van der Waals surface area (Å²) in [6.07, 6.45) is 7.09. The summed E-state index contributed by atoms with van der Waals surface area (Å²) in [5.41, 5.74) is 2.30. The van der Waals surface area contributed by atoms with Gasteiger partial charge in [0.25, 0.3) is 5.91 Å². The Morgan fingerprint density at radius 3 is 2.89 bits per heavy atom. The summed E-state index contributed by atoms with van der Waals surface area (Å²) in [6, 6.07) is 14.7. The van der Waals surface area contributed by atoms with Crippen LogP contribution in [0.15, 0.2) is 73.2 Å². The van der Waals surface area contributed by atoms with E-state index in [1.807, 2.05) is 24.3 Å². The number of amides is 2. The molecule has 184 valence electrons. The Balaban J connectivity index is 1.41. The Bertz CT molecular complexity index is 1390. The number of hydrogen-bond donors (Lipinski definition) is 1. The average molecular weight is 488 g/mol. The monoisotopic (exact) mass is 487 g/mol. The predicted molar refractivity (Wildman–Crippen MR) is 131 cm³/mol. The molecule has 9 heteroatoms. The van der Waals surface area contributed by atoms with E-state index in [-0.39, 0.29) is 30.8 Å². The van der Waals surface area contributed by atoms with Crippen molar-refractivity contribution in [2.75, 3.05) is 6.54 Å². The molecule has 0 bridgehead atoms. The minimum Gasteiger partial charge on any atom is -0.489 e. The summed E-state index contributed by atoms with van der Waals surface area (Å²) in [7, 11) is 0. The zero-order chi connectivity index (χ0) is 24.9. The van der Waals surface area contributed by atoms with Crippen LogP contribution in [0.1, 0.15) is 40.7 Å². The molecule has 1 aliphatic heterocycles. The van der Waals surface area contributed by atoms with E-state index in [1.54, 1.807) is 40.0 Å². The molecular formula is C27H26FN5O3. The third-order valence-electron chi connectivity index (χ3n) is 6.20. The molecule has 5 rings (SSSR count). The second-order valence-corrected chi connectivity index (χ2v) is 8.75. The first-order chi connectivity index (χ1) is 17.6. The first-order valence-corrected chi connectivity index (χ1v) is 11.9. The van der Waals surface area contributed by atoms with Gasteiger partial charge in [-0.05, 0) is 60.7 Å². The molecule has 1 saturated heterocycles. The van der Waals surface area contributed by atoms with E-state index in [0.29, 0.717) is 35.5 Å². The molecule has 1 N–H and O–H groups in total. The maximum absolute atomic E-state index is 13.8. The number of hydrogen-bond acceptors (Lipinski definition) is 5. The van der Waals surface area contributed by atoms with Crippen LogP contribution in [0.2, 0.25) is 0 Å². The second kappa shape index (κ2) is 10.6. The van der Waals surface area contributed by atoms with Gasteiger partial charge in [0, 0.05) is 25.5 Å². The Morgan fingerprint density at radius 1 is 1.14 bits per heavy atom. The number of benzene rings is 2. The van der Waals surface area contributed by atoms with Crippen molar-refractivity contribution >= 4 is 17.5 Å². The van der Waals surface area contributed by atoms with Gasteiger partial charge in [0.05, 0.1) is 6.20 Å². The van der Waals surface area contributed by atoms with E-state index in [9.17, 15) is 14.0 Å². The molecule has 2 aromatic heterocycles. The number of ether oxygens (including phenoxy) is 1. The minimum atomic E-state index is -0.615. The van der Waals surface area contributed by atoms with E-state index in [2.05, 4.69) is 15.4 Å². The number of halogens is 1. The van der Waals surface area contributed by atoms with E-state index in [4.69, 9.17) is 4.74 Å². The summed E-state index contributed by atoms with van der Waals surface area (Å²) in [6.45, 7) is 1.01. The van der Waals surface area contributed by atoms with Crippen molar-refractivity contribution in [1.29, 1.82) is 0 Å². The normalized spacial score (nSPS) is 15.8. The van der Waals surface area contributed by atoms with Crippen LogP contribution in [0, 0.1) is 5.82 Å². The maximum Gasteiger partial charge on any atom is 0.260 e. The summed E-state index contributed by atoms with van der Waals surface area (Å²) in [4.78, 5) is 32.6. The standard InChI is InChI=1S/C27H26FN5O3/c28-21-8-3-7-20(14-21)18-36-22-9-4-6-19(15-22)17-32(24-10-1-2-11-30-26(24)34)27(35)23-16-31-33-13-5-12-29-25(23)33/h3-9,12-16,24H,1-2,10-11,17-18H2,(H,30,34)/t24-/m0/s1. The van der Waals surface area contributed by atoms with Gasteiger partial charge in [0.1, 0.15) is 29.8 Å². The van der Waals surface area contributed by atoms with Crippen LogP contribution in [-0.4, -0.2) is 43.9 Å². The fourth-order valence-corrected chi connectivity index (χ4v) is 4.40. The zero-order valence-electron chi connectivity index (χ0n) is 19.6. The fourth-order valence-electron chi connectivity index (χ4n) is 4.40. The number of carbonyl (C=O) groups excluding carboxylic acids is 2. The Morgan fingerprint density at radius 2 is 2.00 bits per heavy atom. The Kier molecular flexibility index (Phi) is 6.88. The summed E-state index contributed by atoms with van der Waals surface area (Å²) in [5, 5.41) is 7.17. The van der Waals surface area contributed by atoms with Crippen molar-refractivity contribution in [1.82, 2.24) is 24.8 Å². The second-order valence-electron chi connectivity index (χ2n) is 8.75. The summed E-state index contributed by atoms with van der Waals surface area (Å²) in [5.74, 6) is -0.199. The van der Waals surface area contributed by atoms with Crippen molar-refractivity contribution in [2.45, 2.75) is 38.5 Å². The van der Waals surface area contributed by atoms with Crippen molar-refractivity contribution in [3.63, 3.8) is 0 Å². The molecule has 36 heavy (non-hydrogen) atoms. The molecule has 0 spiro atoms. The minimum absolute atomic E-state index is 0.163. The number of rotatable bonds is 7. The van der Waals surface area contributed by atoms with E-state index < -0.39 is 6.04 Å². The quantitative estimate of drug-likeness (QED) is 0.429. The van der Waals surface area contributed by atoms with Gasteiger partial charge in [-0.3, -0.25) is 9.59 Å². The number of nitrogens with zero attached hydrogens (tertiary/aromatic N) is 4. The summed E-state index contributed by atoms with van der Waals surface area (Å²) >= 11 is 0. The van der Waals surface area contributed by atoms with Crippen LogP contribution in [0.25, 0.3) is 5.65 Å². The smallest absolute Gasteiger partial charge is 0.260 e. The third-order valence-corrected chi connectivity index (χ3v) is 6.20. The average Bonchev–Trinajstić information content (AvgIpc) is 3.21. The van der Waals surface area contributed by atoms with Crippen molar-refractivity contribution in [2.24, 2.45) is 0 Å². The highest BCUT2D eigenvalue weighted by Gasteiger charge is 2.33. The largest absolute Gasteiger partial charge is 0.489 e. The highest BCUT2D eigenvalue weighted by atomic mass is 19.1. The zero-order valence-corrected chi connectivity index (χ0v) is 19.6. The SMILES string of the molecule is O=C1NCCCC[C@@H]1N(Cc1cccc(OCc2cccc(F)c2)c1)C(=O)c1cnn2cccnc12. The van der Waals surface area contributed by atoms with E-state index in [0.717, 1.165) is 18.4 Å². The first-order valence-electron chi connectivity index (χ1n) is 11.9. The molecule has 1 aliphatic rings. The van der Waals surface area contributed by atoms with Crippen LogP contribution in [0.3, 0.4) is 0 Å². The number of carbonyl (C=O) groups is 2. The van der Waals surface area contributed by atoms with Crippen molar-refractivity contribution < 1.29 is 18.7 Å². The van der Waals surface area contributed by atoms with Gasteiger partial charge in [0.15, 0.2) is 5.65 Å². The van der Waals surface area contributed by atoms with Crippen LogP contribution in [0.4, 0.5) is 4.39 Å². The number of fused-ring (bicyclic) bond motifs is 1. The molecule has 2 aromatic carbocycles. The van der Waals surface area contributed by atoms with Gasteiger partial charge in [-0.25, -0.2) is 13.9 Å². The molecule has 0 radical (unpaired) electrons. The first kappa shape index (κ1) is 23.5. The van der Waals surface area contributed by atoms with Gasteiger partial charge >= 0.3 is 0 Å². The molecule has 4 aromatic rings. The number of nitrogens with one attached hydrogen (secondary N) is 1. The molecule has 1 fully saturated rings. The Labute approximate surface area is 207 Å². The van der Waals surface area contributed by atoms with Crippen molar-refractivity contribution in [3.05, 3.63) is 95.7 Å². The topological polar surface area (TPSA) is 88.8 Å². The molecule has 1 atom stereocenters. The lowest BCUT2D eigenvalue weighted by atomic mass is 10.1. The van der Waals surface area contributed by atoms with E-state index in [1.165, 1.54) is 18.3 Å². The highest BCUT2D eigenvalue weighted by Crippen LogP contribution is 2.23. The highest BCUT2D eigenvalue weighted by molar-refractivity contribution is 6.01. The Hall–Kier alpha value is -4.27. The van der Waals surface area contributed by atoms with Gasteiger partial charge < -0.3 is 15.0 Å².